The zero-order valence-corrected chi connectivity index (χ0v) is 17.4. The molecule has 1 aliphatic heterocycles. The SMILES string of the molecule is COc1ccccc1CN(CC1CCCO1)C(=O)c1nc(-c2ccco2)sc1C. The summed E-state index contributed by atoms with van der Waals surface area (Å²) in [6, 6.07) is 11.4. The molecule has 3 heterocycles. The molecule has 0 bridgehead atoms. The van der Waals surface area contributed by atoms with E-state index in [9.17, 15) is 4.79 Å². The van der Waals surface area contributed by atoms with Crippen LogP contribution < -0.4 is 4.74 Å². The van der Waals surface area contributed by atoms with Gasteiger partial charge in [0.1, 0.15) is 11.4 Å². The second kappa shape index (κ2) is 8.80. The number of ether oxygens (including phenoxy) is 2. The third kappa shape index (κ3) is 4.36. The highest BCUT2D eigenvalue weighted by atomic mass is 32.1. The maximum atomic E-state index is 13.5. The topological polar surface area (TPSA) is 64.8 Å². The molecule has 1 aromatic carbocycles. The first kappa shape index (κ1) is 19.7. The van der Waals surface area contributed by atoms with Gasteiger partial charge in [0.2, 0.25) is 0 Å². The molecular weight excluding hydrogens is 388 g/mol. The van der Waals surface area contributed by atoms with E-state index in [1.54, 1.807) is 13.4 Å². The second-order valence-electron chi connectivity index (χ2n) is 7.03. The molecule has 0 N–H and O–H groups in total. The van der Waals surface area contributed by atoms with Gasteiger partial charge in [0, 0.05) is 30.1 Å². The fourth-order valence-corrected chi connectivity index (χ4v) is 4.42. The summed E-state index contributed by atoms with van der Waals surface area (Å²) in [4.78, 5) is 20.8. The number of aryl methyl sites for hydroxylation is 1. The largest absolute Gasteiger partial charge is 0.496 e. The molecule has 1 fully saturated rings. The normalized spacial score (nSPS) is 16.1. The molecule has 4 rings (SSSR count). The average Bonchev–Trinajstić information content (AvgIpc) is 3.49. The van der Waals surface area contributed by atoms with Crippen LogP contribution in [0.3, 0.4) is 0 Å². The zero-order chi connectivity index (χ0) is 20.2. The Hall–Kier alpha value is -2.64. The zero-order valence-electron chi connectivity index (χ0n) is 16.6. The van der Waals surface area contributed by atoms with Gasteiger partial charge < -0.3 is 18.8 Å². The van der Waals surface area contributed by atoms with Crippen LogP contribution in [0.1, 0.15) is 33.8 Å². The van der Waals surface area contributed by atoms with E-state index in [1.165, 1.54) is 11.3 Å². The molecule has 0 aliphatic carbocycles. The van der Waals surface area contributed by atoms with Gasteiger partial charge in [-0.05, 0) is 38.0 Å². The number of hydrogen-bond donors (Lipinski definition) is 0. The van der Waals surface area contributed by atoms with E-state index in [4.69, 9.17) is 13.9 Å². The van der Waals surface area contributed by atoms with Gasteiger partial charge in [-0.2, -0.15) is 0 Å². The highest BCUT2D eigenvalue weighted by Crippen LogP contribution is 2.30. The number of benzene rings is 1. The minimum Gasteiger partial charge on any atom is -0.496 e. The molecule has 1 unspecified atom stereocenters. The predicted octanol–water partition coefficient (Wildman–Crippen LogP) is 4.54. The van der Waals surface area contributed by atoms with Crippen molar-refractivity contribution in [2.24, 2.45) is 0 Å². The van der Waals surface area contributed by atoms with Crippen molar-refractivity contribution in [3.63, 3.8) is 0 Å². The first-order chi connectivity index (χ1) is 14.2. The lowest BCUT2D eigenvalue weighted by atomic mass is 10.1. The van der Waals surface area contributed by atoms with E-state index in [0.29, 0.717) is 29.6 Å². The van der Waals surface area contributed by atoms with Gasteiger partial charge in [-0.25, -0.2) is 4.98 Å². The Bertz CT molecular complexity index is 961. The average molecular weight is 413 g/mol. The maximum absolute atomic E-state index is 13.5. The molecule has 3 aromatic rings. The van der Waals surface area contributed by atoms with Crippen LogP contribution in [0.15, 0.2) is 47.1 Å². The summed E-state index contributed by atoms with van der Waals surface area (Å²) in [5, 5.41) is 0.713. The van der Waals surface area contributed by atoms with E-state index >= 15 is 0 Å². The van der Waals surface area contributed by atoms with Crippen molar-refractivity contribution in [2.75, 3.05) is 20.3 Å². The molecule has 0 spiro atoms. The van der Waals surface area contributed by atoms with E-state index in [1.807, 2.05) is 48.2 Å². The molecule has 1 amide bonds. The standard InChI is InChI=1S/C22H24N2O4S/c1-15-20(23-21(29-15)19-10-6-12-28-19)22(25)24(14-17-8-5-11-27-17)13-16-7-3-4-9-18(16)26-2/h3-4,6-7,9-10,12,17H,5,8,11,13-14H2,1-2H3. The van der Waals surface area contributed by atoms with Crippen LogP contribution in [0.25, 0.3) is 10.8 Å². The van der Waals surface area contributed by atoms with Gasteiger partial charge in [-0.15, -0.1) is 11.3 Å². The molecule has 1 atom stereocenters. The summed E-state index contributed by atoms with van der Waals surface area (Å²) >= 11 is 1.47. The summed E-state index contributed by atoms with van der Waals surface area (Å²) in [5.41, 5.74) is 1.43. The van der Waals surface area contributed by atoms with Crippen LogP contribution >= 0.6 is 11.3 Å². The number of methoxy groups -OCH3 is 1. The number of carbonyl (C=O) groups excluding carboxylic acids is 1. The van der Waals surface area contributed by atoms with Crippen LogP contribution in [-0.4, -0.2) is 42.2 Å². The Balaban J connectivity index is 1.62. The highest BCUT2D eigenvalue weighted by molar-refractivity contribution is 7.15. The van der Waals surface area contributed by atoms with Crippen molar-refractivity contribution in [1.29, 1.82) is 0 Å². The van der Waals surface area contributed by atoms with Gasteiger partial charge in [-0.1, -0.05) is 18.2 Å². The summed E-state index contributed by atoms with van der Waals surface area (Å²) < 4.78 is 16.7. The van der Waals surface area contributed by atoms with Gasteiger partial charge in [0.25, 0.3) is 5.91 Å². The number of thiazole rings is 1. The van der Waals surface area contributed by atoms with Gasteiger partial charge >= 0.3 is 0 Å². The molecule has 1 saturated heterocycles. The van der Waals surface area contributed by atoms with E-state index < -0.39 is 0 Å². The fraction of sp³-hybridized carbons (Fsp3) is 0.364. The third-order valence-electron chi connectivity index (χ3n) is 5.02. The lowest BCUT2D eigenvalue weighted by Gasteiger charge is -2.26. The Morgan fingerprint density at radius 1 is 1.31 bits per heavy atom. The minimum absolute atomic E-state index is 0.0529. The van der Waals surface area contributed by atoms with Crippen molar-refractivity contribution < 1.29 is 18.7 Å². The molecule has 7 heteroatoms. The van der Waals surface area contributed by atoms with Crippen molar-refractivity contribution in [3.8, 4) is 16.5 Å². The van der Waals surface area contributed by atoms with Crippen molar-refractivity contribution in [2.45, 2.75) is 32.4 Å². The molecule has 2 aromatic heterocycles. The van der Waals surface area contributed by atoms with E-state index in [0.717, 1.165) is 35.6 Å². The minimum atomic E-state index is -0.0991. The number of aromatic nitrogens is 1. The summed E-state index contributed by atoms with van der Waals surface area (Å²) in [5.74, 6) is 1.34. The molecular formula is C22H24N2O4S. The summed E-state index contributed by atoms with van der Waals surface area (Å²) in [6.45, 7) is 3.64. The summed E-state index contributed by atoms with van der Waals surface area (Å²) in [7, 11) is 1.64. The number of para-hydroxylation sites is 1. The van der Waals surface area contributed by atoms with Crippen LogP contribution in [0.5, 0.6) is 5.75 Å². The number of rotatable bonds is 7. The first-order valence-electron chi connectivity index (χ1n) is 9.69. The number of carbonyl (C=O) groups is 1. The van der Waals surface area contributed by atoms with Crippen LogP contribution in [0.4, 0.5) is 0 Å². The highest BCUT2D eigenvalue weighted by Gasteiger charge is 2.27. The van der Waals surface area contributed by atoms with Crippen molar-refractivity contribution in [1.82, 2.24) is 9.88 Å². The second-order valence-corrected chi connectivity index (χ2v) is 8.24. The Kier molecular flexibility index (Phi) is 5.97. The number of nitrogens with zero attached hydrogens (tertiary/aromatic N) is 2. The molecule has 1 aliphatic rings. The van der Waals surface area contributed by atoms with Crippen LogP contribution in [-0.2, 0) is 11.3 Å². The fourth-order valence-electron chi connectivity index (χ4n) is 3.54. The summed E-state index contributed by atoms with van der Waals surface area (Å²) in [6.07, 6.45) is 3.65. The number of furan rings is 1. The lowest BCUT2D eigenvalue weighted by Crippen LogP contribution is -2.37. The Morgan fingerprint density at radius 3 is 2.90 bits per heavy atom. The predicted molar refractivity (Wildman–Crippen MR) is 111 cm³/mol. The molecule has 6 nitrogen and oxygen atoms in total. The van der Waals surface area contributed by atoms with Crippen LogP contribution in [0, 0.1) is 6.92 Å². The number of hydrogen-bond acceptors (Lipinski definition) is 6. The third-order valence-corrected chi connectivity index (χ3v) is 6.01. The Morgan fingerprint density at radius 2 is 2.17 bits per heavy atom. The monoisotopic (exact) mass is 412 g/mol. The van der Waals surface area contributed by atoms with E-state index in [2.05, 4.69) is 4.98 Å². The van der Waals surface area contributed by atoms with Gasteiger partial charge in [0.05, 0.1) is 19.5 Å². The molecule has 0 radical (unpaired) electrons. The Labute approximate surface area is 174 Å². The van der Waals surface area contributed by atoms with Gasteiger partial charge in [0.15, 0.2) is 10.8 Å². The molecule has 0 saturated carbocycles. The molecule has 29 heavy (non-hydrogen) atoms. The van der Waals surface area contributed by atoms with Gasteiger partial charge in [-0.3, -0.25) is 4.79 Å². The lowest BCUT2D eigenvalue weighted by molar-refractivity contribution is 0.0501. The maximum Gasteiger partial charge on any atom is 0.274 e. The smallest absolute Gasteiger partial charge is 0.274 e. The first-order valence-corrected chi connectivity index (χ1v) is 10.5. The quantitative estimate of drug-likeness (QED) is 0.570. The van der Waals surface area contributed by atoms with E-state index in [-0.39, 0.29) is 12.0 Å². The molecule has 152 valence electrons. The number of amides is 1. The van der Waals surface area contributed by atoms with Crippen molar-refractivity contribution >= 4 is 17.2 Å². The van der Waals surface area contributed by atoms with Crippen LogP contribution in [0.2, 0.25) is 0 Å². The van der Waals surface area contributed by atoms with Crippen molar-refractivity contribution in [3.05, 3.63) is 58.8 Å².